The Hall–Kier alpha value is -3.32. The lowest BCUT2D eigenvalue weighted by Gasteiger charge is -2.35. The van der Waals surface area contributed by atoms with Crippen molar-refractivity contribution in [2.24, 2.45) is 0 Å². The number of benzene rings is 2. The molecule has 0 saturated carbocycles. The number of halogens is 1. The average Bonchev–Trinajstić information content (AvgIpc) is 3.30. The van der Waals surface area contributed by atoms with E-state index < -0.39 is 12.0 Å². The summed E-state index contributed by atoms with van der Waals surface area (Å²) in [6.07, 6.45) is 0.567. The standard InChI is InChI=1S/C22H18ClN3O4/c23-14-5-6-16-13(7-14)9-18(24-16)22(29)25-17-8-12-3-1-2-4-15(12)21(17)26-10-20(28)30-11-19(26)27/h1-7,9,17,21,24H,8,10-11H2,(H,25,29). The molecule has 1 aliphatic carbocycles. The number of hydrogen-bond donors (Lipinski definition) is 2. The summed E-state index contributed by atoms with van der Waals surface area (Å²) < 4.78 is 4.86. The smallest absolute Gasteiger partial charge is 0.326 e. The van der Waals surface area contributed by atoms with Crippen molar-refractivity contribution in [2.45, 2.75) is 18.5 Å². The van der Waals surface area contributed by atoms with Gasteiger partial charge in [0.2, 0.25) is 0 Å². The van der Waals surface area contributed by atoms with Gasteiger partial charge in [-0.25, -0.2) is 0 Å². The van der Waals surface area contributed by atoms with Crippen LogP contribution in [-0.2, 0) is 20.7 Å². The van der Waals surface area contributed by atoms with E-state index in [4.69, 9.17) is 16.3 Å². The molecule has 5 rings (SSSR count). The number of rotatable bonds is 3. The molecule has 7 nitrogen and oxygen atoms in total. The van der Waals surface area contributed by atoms with Crippen molar-refractivity contribution < 1.29 is 19.1 Å². The van der Waals surface area contributed by atoms with Crippen molar-refractivity contribution in [3.8, 4) is 0 Å². The van der Waals surface area contributed by atoms with Crippen LogP contribution in [0.15, 0.2) is 48.5 Å². The summed E-state index contributed by atoms with van der Waals surface area (Å²) in [5.41, 5.74) is 3.20. The Kier molecular flexibility index (Phi) is 4.47. The first-order valence-corrected chi connectivity index (χ1v) is 9.99. The molecule has 2 aromatic carbocycles. The summed E-state index contributed by atoms with van der Waals surface area (Å²) in [6.45, 7) is -0.407. The van der Waals surface area contributed by atoms with Gasteiger partial charge in [-0.05, 0) is 41.8 Å². The van der Waals surface area contributed by atoms with Crippen LogP contribution in [0.1, 0.15) is 27.7 Å². The fourth-order valence-electron chi connectivity index (χ4n) is 4.31. The van der Waals surface area contributed by atoms with Crippen LogP contribution in [0.25, 0.3) is 10.9 Å². The highest BCUT2D eigenvalue weighted by Gasteiger charge is 2.42. The molecule has 1 aliphatic heterocycles. The van der Waals surface area contributed by atoms with E-state index in [1.807, 2.05) is 30.3 Å². The maximum Gasteiger partial charge on any atom is 0.326 e. The predicted octanol–water partition coefficient (Wildman–Crippen LogP) is 2.60. The number of morpholine rings is 1. The number of cyclic esters (lactones) is 1. The molecule has 2 atom stereocenters. The van der Waals surface area contributed by atoms with Crippen molar-refractivity contribution in [2.75, 3.05) is 13.2 Å². The highest BCUT2D eigenvalue weighted by Crippen LogP contribution is 2.37. The molecule has 2 heterocycles. The SMILES string of the molecule is O=C1CN(C2c3ccccc3CC2NC(=O)c2cc3cc(Cl)ccc3[nH]2)C(=O)CO1. The summed E-state index contributed by atoms with van der Waals surface area (Å²) >= 11 is 6.04. The van der Waals surface area contributed by atoms with Crippen molar-refractivity contribution in [1.82, 2.24) is 15.2 Å². The first-order chi connectivity index (χ1) is 14.5. The molecular weight excluding hydrogens is 406 g/mol. The van der Waals surface area contributed by atoms with Gasteiger partial charge in [0, 0.05) is 15.9 Å². The second-order valence-corrected chi connectivity index (χ2v) is 7.96. The van der Waals surface area contributed by atoms with Crippen LogP contribution >= 0.6 is 11.6 Å². The summed E-state index contributed by atoms with van der Waals surface area (Å²) in [7, 11) is 0. The number of ether oxygens (including phenoxy) is 1. The van der Waals surface area contributed by atoms with Gasteiger partial charge < -0.3 is 19.9 Å². The Labute approximate surface area is 176 Å². The van der Waals surface area contributed by atoms with Gasteiger partial charge in [-0.2, -0.15) is 0 Å². The van der Waals surface area contributed by atoms with Crippen LogP contribution in [0, 0.1) is 0 Å². The van der Waals surface area contributed by atoms with E-state index in [1.54, 1.807) is 18.2 Å². The number of H-pyrrole nitrogens is 1. The lowest BCUT2D eigenvalue weighted by molar-refractivity contribution is -0.165. The molecule has 8 heteroatoms. The minimum atomic E-state index is -0.448. The number of carbonyl (C=O) groups excluding carboxylic acids is 3. The zero-order valence-corrected chi connectivity index (χ0v) is 16.6. The quantitative estimate of drug-likeness (QED) is 0.633. The van der Waals surface area contributed by atoms with Crippen molar-refractivity contribution in [3.05, 3.63) is 70.4 Å². The van der Waals surface area contributed by atoms with E-state index >= 15 is 0 Å². The van der Waals surface area contributed by atoms with Crippen LogP contribution in [0.2, 0.25) is 5.02 Å². The molecule has 30 heavy (non-hydrogen) atoms. The molecule has 2 aliphatic rings. The number of hydrogen-bond acceptors (Lipinski definition) is 4. The molecule has 1 aromatic heterocycles. The van der Waals surface area contributed by atoms with Crippen LogP contribution in [0.5, 0.6) is 0 Å². The van der Waals surface area contributed by atoms with E-state index in [0.29, 0.717) is 17.1 Å². The third-order valence-corrected chi connectivity index (χ3v) is 5.89. The highest BCUT2D eigenvalue weighted by molar-refractivity contribution is 6.31. The second-order valence-electron chi connectivity index (χ2n) is 7.52. The van der Waals surface area contributed by atoms with E-state index in [-0.39, 0.29) is 31.0 Å². The fourth-order valence-corrected chi connectivity index (χ4v) is 4.49. The van der Waals surface area contributed by atoms with Gasteiger partial charge in [-0.3, -0.25) is 14.4 Å². The minimum absolute atomic E-state index is 0.130. The number of nitrogens with one attached hydrogen (secondary N) is 2. The van der Waals surface area contributed by atoms with Gasteiger partial charge in [-0.1, -0.05) is 35.9 Å². The molecule has 1 fully saturated rings. The first-order valence-electron chi connectivity index (χ1n) is 9.61. The fraction of sp³-hybridized carbons (Fsp3) is 0.227. The Balaban J connectivity index is 1.45. The van der Waals surface area contributed by atoms with Gasteiger partial charge in [-0.15, -0.1) is 0 Å². The average molecular weight is 424 g/mol. The van der Waals surface area contributed by atoms with E-state index in [2.05, 4.69) is 10.3 Å². The Bertz CT molecular complexity index is 1190. The van der Waals surface area contributed by atoms with E-state index in [9.17, 15) is 14.4 Å². The van der Waals surface area contributed by atoms with Gasteiger partial charge in [0.05, 0.1) is 12.1 Å². The number of aromatic nitrogens is 1. The predicted molar refractivity (Wildman–Crippen MR) is 110 cm³/mol. The third kappa shape index (κ3) is 3.21. The molecule has 2 amide bonds. The number of fused-ring (bicyclic) bond motifs is 2. The first kappa shape index (κ1) is 18.7. The van der Waals surface area contributed by atoms with Crippen LogP contribution < -0.4 is 5.32 Å². The molecule has 2 unspecified atom stereocenters. The third-order valence-electron chi connectivity index (χ3n) is 5.65. The van der Waals surface area contributed by atoms with Gasteiger partial charge >= 0.3 is 5.97 Å². The van der Waals surface area contributed by atoms with Crippen molar-refractivity contribution in [1.29, 1.82) is 0 Å². The van der Waals surface area contributed by atoms with E-state index in [1.165, 1.54) is 4.90 Å². The zero-order chi connectivity index (χ0) is 20.8. The molecule has 0 spiro atoms. The number of amides is 2. The zero-order valence-electron chi connectivity index (χ0n) is 15.9. The highest BCUT2D eigenvalue weighted by atomic mass is 35.5. The lowest BCUT2D eigenvalue weighted by atomic mass is 10.0. The topological polar surface area (TPSA) is 91.5 Å². The summed E-state index contributed by atoms with van der Waals surface area (Å²) in [4.78, 5) is 42.0. The molecule has 0 radical (unpaired) electrons. The molecule has 0 bridgehead atoms. The normalized spacial score (nSPS) is 20.9. The summed E-state index contributed by atoms with van der Waals surface area (Å²) in [5, 5.41) is 4.48. The Morgan fingerprint density at radius 1 is 1.17 bits per heavy atom. The largest absolute Gasteiger partial charge is 0.454 e. The summed E-state index contributed by atoms with van der Waals surface area (Å²) in [5.74, 6) is -0.996. The van der Waals surface area contributed by atoms with Crippen LogP contribution in [-0.4, -0.2) is 46.9 Å². The molecular formula is C22H18ClN3O4. The number of aromatic amines is 1. The molecule has 152 valence electrons. The van der Waals surface area contributed by atoms with Crippen LogP contribution in [0.4, 0.5) is 0 Å². The summed E-state index contributed by atoms with van der Waals surface area (Å²) in [6, 6.07) is 14.1. The van der Waals surface area contributed by atoms with Crippen molar-refractivity contribution >= 4 is 40.3 Å². The van der Waals surface area contributed by atoms with E-state index in [0.717, 1.165) is 22.0 Å². The number of esters is 1. The monoisotopic (exact) mass is 423 g/mol. The second kappa shape index (κ2) is 7.18. The minimum Gasteiger partial charge on any atom is -0.454 e. The Morgan fingerprint density at radius 3 is 2.87 bits per heavy atom. The maximum absolute atomic E-state index is 13.0. The van der Waals surface area contributed by atoms with Gasteiger partial charge in [0.1, 0.15) is 12.2 Å². The molecule has 1 saturated heterocycles. The maximum atomic E-state index is 13.0. The molecule has 2 N–H and O–H groups in total. The lowest BCUT2D eigenvalue weighted by Crippen LogP contribution is -2.52. The van der Waals surface area contributed by atoms with Gasteiger partial charge in [0.25, 0.3) is 11.8 Å². The molecule has 3 aromatic rings. The Morgan fingerprint density at radius 2 is 2.00 bits per heavy atom. The van der Waals surface area contributed by atoms with Crippen LogP contribution in [0.3, 0.4) is 0 Å². The van der Waals surface area contributed by atoms with Gasteiger partial charge in [0.15, 0.2) is 6.61 Å². The van der Waals surface area contributed by atoms with Crippen molar-refractivity contribution in [3.63, 3.8) is 0 Å². The number of carbonyl (C=O) groups is 3. The number of nitrogens with zero attached hydrogens (tertiary/aromatic N) is 1.